The number of halogens is 3. The van der Waals surface area contributed by atoms with Crippen LogP contribution < -0.4 is 5.32 Å². The van der Waals surface area contributed by atoms with E-state index in [1.165, 1.54) is 29.4 Å². The topological polar surface area (TPSA) is 85.8 Å². The van der Waals surface area contributed by atoms with E-state index < -0.39 is 17.6 Å². The maximum absolute atomic E-state index is 12.8. The number of pyridine rings is 1. The van der Waals surface area contributed by atoms with E-state index in [1.807, 2.05) is 19.1 Å². The Morgan fingerprint density at radius 1 is 1.10 bits per heavy atom. The molecule has 0 fully saturated rings. The first-order valence-corrected chi connectivity index (χ1v) is 9.14. The third-order valence-corrected chi connectivity index (χ3v) is 4.71. The number of carbonyl (C=O) groups is 1. The number of nitrogens with zero attached hydrogens (tertiary/aromatic N) is 4. The third kappa shape index (κ3) is 4.04. The van der Waals surface area contributed by atoms with Crippen LogP contribution in [0.2, 0.25) is 0 Å². The van der Waals surface area contributed by atoms with Gasteiger partial charge in [-0.25, -0.2) is 14.6 Å². The first-order chi connectivity index (χ1) is 14.7. The van der Waals surface area contributed by atoms with Crippen LogP contribution in [0.4, 0.5) is 18.9 Å². The van der Waals surface area contributed by atoms with Crippen molar-refractivity contribution >= 4 is 11.6 Å². The number of hydrogen-bond donors (Lipinski definition) is 1. The lowest BCUT2D eigenvalue weighted by Gasteiger charge is -2.10. The fraction of sp³-hybridized carbons (Fsp3) is 0.143. The van der Waals surface area contributed by atoms with Crippen LogP contribution in [0, 0.1) is 13.8 Å². The Balaban J connectivity index is 1.58. The van der Waals surface area contributed by atoms with Gasteiger partial charge < -0.3 is 9.73 Å². The molecule has 31 heavy (non-hydrogen) atoms. The molecule has 4 rings (SSSR count). The number of amides is 1. The van der Waals surface area contributed by atoms with Gasteiger partial charge in [-0.05, 0) is 43.7 Å². The van der Waals surface area contributed by atoms with Crippen LogP contribution in [-0.2, 0) is 6.18 Å². The van der Waals surface area contributed by atoms with Gasteiger partial charge in [0.25, 0.3) is 5.91 Å². The van der Waals surface area contributed by atoms with Gasteiger partial charge in [-0.1, -0.05) is 6.07 Å². The molecule has 1 N–H and O–H groups in total. The highest BCUT2D eigenvalue weighted by atomic mass is 19.4. The number of hydrogen-bond acceptors (Lipinski definition) is 5. The number of carbonyl (C=O) groups excluding carboxylic acids is 1. The lowest BCUT2D eigenvalue weighted by molar-refractivity contribution is -0.137. The predicted octanol–water partition coefficient (Wildman–Crippen LogP) is 4.81. The lowest BCUT2D eigenvalue weighted by atomic mass is 10.1. The summed E-state index contributed by atoms with van der Waals surface area (Å²) in [7, 11) is 0. The van der Waals surface area contributed by atoms with Crippen LogP contribution in [0.1, 0.15) is 27.2 Å². The molecule has 3 aromatic heterocycles. The molecule has 0 spiro atoms. The number of aromatic nitrogens is 4. The third-order valence-electron chi connectivity index (χ3n) is 4.71. The molecule has 0 saturated heterocycles. The molecule has 158 valence electrons. The molecule has 3 heterocycles. The second-order valence-electron chi connectivity index (χ2n) is 6.78. The highest BCUT2D eigenvalue weighted by Gasteiger charge is 2.30. The van der Waals surface area contributed by atoms with E-state index in [0.29, 0.717) is 22.8 Å². The summed E-state index contributed by atoms with van der Waals surface area (Å²) in [6, 6.07) is 7.53. The molecule has 1 aromatic carbocycles. The van der Waals surface area contributed by atoms with Crippen molar-refractivity contribution in [1.29, 1.82) is 0 Å². The van der Waals surface area contributed by atoms with E-state index in [9.17, 15) is 18.0 Å². The van der Waals surface area contributed by atoms with Crippen molar-refractivity contribution in [3.63, 3.8) is 0 Å². The largest absolute Gasteiger partial charge is 0.445 e. The van der Waals surface area contributed by atoms with E-state index in [2.05, 4.69) is 20.4 Å². The van der Waals surface area contributed by atoms with Gasteiger partial charge in [-0.2, -0.15) is 18.3 Å². The average Bonchev–Trinajstić information content (AvgIpc) is 3.39. The molecule has 7 nitrogen and oxygen atoms in total. The first kappa shape index (κ1) is 20.3. The van der Waals surface area contributed by atoms with Crippen molar-refractivity contribution in [2.45, 2.75) is 20.0 Å². The number of nitrogens with one attached hydrogen (secondary N) is 1. The first-order valence-electron chi connectivity index (χ1n) is 9.14. The van der Waals surface area contributed by atoms with Crippen molar-refractivity contribution in [2.75, 3.05) is 5.32 Å². The Hall–Kier alpha value is -3.95. The predicted molar refractivity (Wildman–Crippen MR) is 106 cm³/mol. The molecule has 0 aliphatic carbocycles. The molecule has 10 heteroatoms. The summed E-state index contributed by atoms with van der Waals surface area (Å²) in [5.41, 5.74) is 1.94. The summed E-state index contributed by atoms with van der Waals surface area (Å²) >= 11 is 0. The van der Waals surface area contributed by atoms with Crippen LogP contribution in [-0.4, -0.2) is 25.7 Å². The lowest BCUT2D eigenvalue weighted by Crippen LogP contribution is -2.14. The van der Waals surface area contributed by atoms with E-state index >= 15 is 0 Å². The Labute approximate surface area is 174 Å². The van der Waals surface area contributed by atoms with Crippen LogP contribution in [0.25, 0.3) is 17.3 Å². The molecular weight excluding hydrogens is 411 g/mol. The van der Waals surface area contributed by atoms with Crippen molar-refractivity contribution in [3.8, 4) is 17.3 Å². The fourth-order valence-corrected chi connectivity index (χ4v) is 2.99. The van der Waals surface area contributed by atoms with E-state index in [1.54, 1.807) is 13.0 Å². The van der Waals surface area contributed by atoms with Gasteiger partial charge in [-0.3, -0.25) is 4.79 Å². The number of benzene rings is 1. The highest BCUT2D eigenvalue weighted by Crippen LogP contribution is 2.29. The van der Waals surface area contributed by atoms with Crippen molar-refractivity contribution in [3.05, 3.63) is 77.6 Å². The Kier molecular flexibility index (Phi) is 5.05. The van der Waals surface area contributed by atoms with E-state index in [0.717, 1.165) is 17.8 Å². The van der Waals surface area contributed by atoms with Crippen molar-refractivity contribution < 1.29 is 22.4 Å². The normalized spacial score (nSPS) is 11.5. The molecule has 0 radical (unpaired) electrons. The number of oxazole rings is 1. The standard InChI is InChI=1S/C21H16F3N5O2/c1-12-3-4-14(20-25-7-8-31-20)9-17(12)28-19(30)16-11-27-29(13(16)2)18-6-5-15(10-26-18)21(22,23)24/h3-11H,1-2H3,(H,28,30). The van der Waals surface area contributed by atoms with Gasteiger partial charge >= 0.3 is 6.18 Å². The SMILES string of the molecule is Cc1ccc(-c2ncco2)cc1NC(=O)c1cnn(-c2ccc(C(F)(F)F)cn2)c1C. The number of alkyl halides is 3. The molecule has 0 bridgehead atoms. The maximum atomic E-state index is 12.8. The summed E-state index contributed by atoms with van der Waals surface area (Å²) < 4.78 is 44.8. The van der Waals surface area contributed by atoms with Crippen LogP contribution >= 0.6 is 0 Å². The Morgan fingerprint density at radius 2 is 1.90 bits per heavy atom. The molecule has 1 amide bonds. The Bertz CT molecular complexity index is 1230. The van der Waals surface area contributed by atoms with E-state index in [-0.39, 0.29) is 11.4 Å². The molecule has 0 saturated carbocycles. The monoisotopic (exact) mass is 427 g/mol. The fourth-order valence-electron chi connectivity index (χ4n) is 2.99. The van der Waals surface area contributed by atoms with Crippen LogP contribution in [0.5, 0.6) is 0 Å². The minimum absolute atomic E-state index is 0.173. The summed E-state index contributed by atoms with van der Waals surface area (Å²) in [5, 5.41) is 6.94. The molecule has 0 aliphatic rings. The van der Waals surface area contributed by atoms with Gasteiger partial charge in [-0.15, -0.1) is 0 Å². The summed E-state index contributed by atoms with van der Waals surface area (Å²) in [5.74, 6) is 0.183. The van der Waals surface area contributed by atoms with E-state index in [4.69, 9.17) is 4.42 Å². The minimum Gasteiger partial charge on any atom is -0.445 e. The van der Waals surface area contributed by atoms with Gasteiger partial charge in [0.1, 0.15) is 6.26 Å². The smallest absolute Gasteiger partial charge is 0.417 e. The highest BCUT2D eigenvalue weighted by molar-refractivity contribution is 6.05. The Morgan fingerprint density at radius 3 is 2.55 bits per heavy atom. The van der Waals surface area contributed by atoms with Crippen LogP contribution in [0.15, 0.2) is 59.6 Å². The quantitative estimate of drug-likeness (QED) is 0.505. The second-order valence-corrected chi connectivity index (χ2v) is 6.78. The molecule has 0 unspecified atom stereocenters. The number of anilines is 1. The minimum atomic E-state index is -4.48. The molecular formula is C21H16F3N5O2. The van der Waals surface area contributed by atoms with Gasteiger partial charge in [0.05, 0.1) is 29.2 Å². The van der Waals surface area contributed by atoms with Gasteiger partial charge in [0, 0.05) is 17.4 Å². The van der Waals surface area contributed by atoms with Crippen LogP contribution in [0.3, 0.4) is 0 Å². The summed E-state index contributed by atoms with van der Waals surface area (Å²) in [6.07, 6.45) is 0.583. The summed E-state index contributed by atoms with van der Waals surface area (Å²) in [4.78, 5) is 20.8. The molecule has 4 aromatic rings. The summed E-state index contributed by atoms with van der Waals surface area (Å²) in [6.45, 7) is 3.48. The van der Waals surface area contributed by atoms with Gasteiger partial charge in [0.15, 0.2) is 5.82 Å². The maximum Gasteiger partial charge on any atom is 0.417 e. The zero-order valence-corrected chi connectivity index (χ0v) is 16.4. The van der Waals surface area contributed by atoms with Gasteiger partial charge in [0.2, 0.25) is 5.89 Å². The molecule has 0 aliphatic heterocycles. The average molecular weight is 427 g/mol. The second kappa shape index (κ2) is 7.71. The zero-order valence-electron chi connectivity index (χ0n) is 16.4. The molecule has 0 atom stereocenters. The zero-order chi connectivity index (χ0) is 22.2. The van der Waals surface area contributed by atoms with Crippen molar-refractivity contribution in [1.82, 2.24) is 19.7 Å². The number of rotatable bonds is 4. The van der Waals surface area contributed by atoms with Crippen molar-refractivity contribution in [2.24, 2.45) is 0 Å². The number of aryl methyl sites for hydroxylation is 1.